The van der Waals surface area contributed by atoms with Gasteiger partial charge >= 0.3 is 0 Å². The van der Waals surface area contributed by atoms with Crippen LogP contribution in [0.2, 0.25) is 5.02 Å². The number of hydrogen-bond donors (Lipinski definition) is 2. The molecule has 2 N–H and O–H groups in total. The number of benzene rings is 1. The molecule has 9 heteroatoms. The minimum atomic E-state index is 0.242. The first kappa shape index (κ1) is 19.8. The van der Waals surface area contributed by atoms with Gasteiger partial charge in [0.05, 0.1) is 18.1 Å². The lowest BCUT2D eigenvalue weighted by molar-refractivity contribution is -0.104. The van der Waals surface area contributed by atoms with Crippen molar-refractivity contribution in [3.63, 3.8) is 0 Å². The van der Waals surface area contributed by atoms with Gasteiger partial charge in [0.25, 0.3) is 0 Å². The summed E-state index contributed by atoms with van der Waals surface area (Å²) < 4.78 is 0. The fourth-order valence-corrected chi connectivity index (χ4v) is 3.39. The molecule has 0 unspecified atom stereocenters. The summed E-state index contributed by atoms with van der Waals surface area (Å²) in [5.41, 5.74) is 2.27. The molecule has 4 rings (SSSR count). The Hall–Kier alpha value is -3.52. The van der Waals surface area contributed by atoms with Crippen LogP contribution in [0.5, 0.6) is 0 Å². The zero-order chi connectivity index (χ0) is 20.8. The molecule has 0 aliphatic carbocycles. The lowest BCUT2D eigenvalue weighted by atomic mass is 10.2. The lowest BCUT2D eigenvalue weighted by Crippen LogP contribution is -2.23. The molecule has 0 bridgehead atoms. The fraction of sp³-hybridized carbons (Fsp3) is 0.190. The highest BCUT2D eigenvalue weighted by Crippen LogP contribution is 2.21. The van der Waals surface area contributed by atoms with Crippen molar-refractivity contribution in [2.24, 2.45) is 0 Å². The van der Waals surface area contributed by atoms with Crippen molar-refractivity contribution in [2.45, 2.75) is 12.5 Å². The van der Waals surface area contributed by atoms with Crippen molar-refractivity contribution in [3.8, 4) is 11.3 Å². The molecule has 2 aromatic heterocycles. The van der Waals surface area contributed by atoms with Crippen molar-refractivity contribution in [1.29, 1.82) is 0 Å². The number of rotatable bonds is 7. The van der Waals surface area contributed by atoms with Crippen LogP contribution >= 0.6 is 11.6 Å². The molecule has 0 amide bonds. The summed E-state index contributed by atoms with van der Waals surface area (Å²) in [6.45, 7) is 1.70. The topological polar surface area (TPSA) is 95.9 Å². The molecule has 3 aromatic rings. The van der Waals surface area contributed by atoms with Crippen molar-refractivity contribution < 1.29 is 4.79 Å². The maximum absolute atomic E-state index is 10.5. The van der Waals surface area contributed by atoms with Crippen LogP contribution in [-0.4, -0.2) is 50.3 Å². The van der Waals surface area contributed by atoms with Crippen LogP contribution < -0.4 is 10.6 Å². The van der Waals surface area contributed by atoms with E-state index in [2.05, 4.69) is 35.5 Å². The van der Waals surface area contributed by atoms with Gasteiger partial charge in [0, 0.05) is 54.0 Å². The summed E-state index contributed by atoms with van der Waals surface area (Å²) in [4.78, 5) is 30.2. The highest BCUT2D eigenvalue weighted by Gasteiger charge is 2.20. The first-order chi connectivity index (χ1) is 14.7. The van der Waals surface area contributed by atoms with Crippen molar-refractivity contribution >= 4 is 35.3 Å². The van der Waals surface area contributed by atoms with Crippen LogP contribution in [0.4, 0.5) is 17.5 Å². The third-order valence-corrected chi connectivity index (χ3v) is 4.85. The number of hydrogen-bond acceptors (Lipinski definition) is 8. The van der Waals surface area contributed by atoms with E-state index in [1.54, 1.807) is 36.9 Å². The highest BCUT2D eigenvalue weighted by atomic mass is 35.5. The second kappa shape index (κ2) is 9.32. The number of aromatic nitrogens is 4. The normalized spacial score (nSPS) is 16.0. The molecule has 1 saturated heterocycles. The molecule has 0 spiro atoms. The molecule has 3 heterocycles. The predicted molar refractivity (Wildman–Crippen MR) is 117 cm³/mol. The van der Waals surface area contributed by atoms with Gasteiger partial charge in [-0.1, -0.05) is 17.7 Å². The monoisotopic (exact) mass is 421 g/mol. The van der Waals surface area contributed by atoms with Crippen molar-refractivity contribution in [2.75, 3.05) is 23.7 Å². The Bertz CT molecular complexity index is 1040. The number of carbonyl (C=O) groups excluding carboxylic acids is 1. The Kier molecular flexibility index (Phi) is 6.14. The van der Waals surface area contributed by atoms with E-state index in [-0.39, 0.29) is 6.04 Å². The SMILES string of the molecule is O=CC=CN1CC[C@H](Nc2cncc(-c3cnc(Nc4cccc(Cl)c4)nc3)n2)C1. The zero-order valence-electron chi connectivity index (χ0n) is 16.1. The summed E-state index contributed by atoms with van der Waals surface area (Å²) in [7, 11) is 0. The lowest BCUT2D eigenvalue weighted by Gasteiger charge is -2.15. The van der Waals surface area contributed by atoms with Gasteiger partial charge in [0.1, 0.15) is 12.1 Å². The number of aldehydes is 1. The largest absolute Gasteiger partial charge is 0.375 e. The number of nitrogens with zero attached hydrogens (tertiary/aromatic N) is 5. The van der Waals surface area contributed by atoms with Crippen molar-refractivity contribution in [3.05, 3.63) is 66.4 Å². The van der Waals surface area contributed by atoms with Crippen LogP contribution in [0.1, 0.15) is 6.42 Å². The van der Waals surface area contributed by atoms with Crippen molar-refractivity contribution in [1.82, 2.24) is 24.8 Å². The van der Waals surface area contributed by atoms with E-state index in [9.17, 15) is 4.79 Å². The molecule has 8 nitrogen and oxygen atoms in total. The third kappa shape index (κ3) is 5.09. The summed E-state index contributed by atoms with van der Waals surface area (Å²) in [5, 5.41) is 7.16. The average Bonchev–Trinajstić information content (AvgIpc) is 3.20. The Morgan fingerprint density at radius 2 is 2.03 bits per heavy atom. The number of nitrogens with one attached hydrogen (secondary N) is 2. The number of carbonyl (C=O) groups is 1. The molecule has 1 fully saturated rings. The van der Waals surface area contributed by atoms with Gasteiger partial charge in [-0.05, 0) is 30.7 Å². The second-order valence-corrected chi connectivity index (χ2v) is 7.26. The highest BCUT2D eigenvalue weighted by molar-refractivity contribution is 6.30. The number of likely N-dealkylation sites (tertiary alicyclic amines) is 1. The second-order valence-electron chi connectivity index (χ2n) is 6.82. The maximum Gasteiger partial charge on any atom is 0.227 e. The zero-order valence-corrected chi connectivity index (χ0v) is 16.8. The summed E-state index contributed by atoms with van der Waals surface area (Å²) in [6.07, 6.45) is 11.9. The maximum atomic E-state index is 10.5. The van der Waals surface area contributed by atoms with Gasteiger partial charge in [-0.2, -0.15) is 0 Å². The number of allylic oxidation sites excluding steroid dienone is 1. The molecule has 0 saturated carbocycles. The predicted octanol–water partition coefficient (Wildman–Crippen LogP) is 3.53. The van der Waals surface area contributed by atoms with E-state index >= 15 is 0 Å². The van der Waals surface area contributed by atoms with Crippen LogP contribution in [-0.2, 0) is 4.79 Å². The quantitative estimate of drug-likeness (QED) is 0.442. The standard InChI is InChI=1S/C21H20ClN7O/c22-16-3-1-4-17(9-16)27-21-24-10-15(11-25-21)19-12-23-13-20(28-19)26-18-5-7-29(14-18)6-2-8-30/h1-4,6,8-13,18H,5,7,14H2,(H,26,28)(H,24,25,27)/t18-/m0/s1. The Morgan fingerprint density at radius 3 is 2.83 bits per heavy atom. The Morgan fingerprint density at radius 1 is 1.17 bits per heavy atom. The smallest absolute Gasteiger partial charge is 0.227 e. The Labute approximate surface area is 179 Å². The van der Waals surface area contributed by atoms with E-state index in [4.69, 9.17) is 11.6 Å². The van der Waals surface area contributed by atoms with Gasteiger partial charge in [-0.3, -0.25) is 9.78 Å². The Balaban J connectivity index is 1.41. The third-order valence-electron chi connectivity index (χ3n) is 4.61. The van der Waals surface area contributed by atoms with Gasteiger partial charge in [0.15, 0.2) is 0 Å². The molecule has 1 aliphatic rings. The molecule has 30 heavy (non-hydrogen) atoms. The molecule has 1 aliphatic heterocycles. The minimum absolute atomic E-state index is 0.242. The van der Waals surface area contributed by atoms with Gasteiger partial charge in [-0.15, -0.1) is 0 Å². The van der Waals surface area contributed by atoms with Gasteiger partial charge in [-0.25, -0.2) is 15.0 Å². The first-order valence-electron chi connectivity index (χ1n) is 9.49. The van der Waals surface area contributed by atoms with E-state index in [0.717, 1.165) is 37.0 Å². The van der Waals surface area contributed by atoms with E-state index in [1.807, 2.05) is 18.3 Å². The summed E-state index contributed by atoms with van der Waals surface area (Å²) in [5.74, 6) is 1.16. The van der Waals surface area contributed by atoms with E-state index in [0.29, 0.717) is 22.5 Å². The van der Waals surface area contributed by atoms with Crippen LogP contribution in [0, 0.1) is 0 Å². The van der Waals surface area contributed by atoms with E-state index in [1.165, 1.54) is 6.08 Å². The molecular weight excluding hydrogens is 402 g/mol. The minimum Gasteiger partial charge on any atom is -0.375 e. The molecule has 152 valence electrons. The van der Waals surface area contributed by atoms with Crippen LogP contribution in [0.25, 0.3) is 11.3 Å². The summed E-state index contributed by atoms with van der Waals surface area (Å²) in [6, 6.07) is 7.60. The molecular formula is C21H20ClN7O. The van der Waals surface area contributed by atoms with Gasteiger partial charge < -0.3 is 15.5 Å². The molecule has 0 radical (unpaired) electrons. The number of anilines is 3. The molecule has 1 aromatic carbocycles. The first-order valence-corrected chi connectivity index (χ1v) is 9.87. The fourth-order valence-electron chi connectivity index (χ4n) is 3.20. The molecule has 1 atom stereocenters. The average molecular weight is 422 g/mol. The van der Waals surface area contributed by atoms with Crippen LogP contribution in [0.3, 0.4) is 0 Å². The summed E-state index contributed by atoms with van der Waals surface area (Å²) >= 11 is 6.00. The van der Waals surface area contributed by atoms with Crippen LogP contribution in [0.15, 0.2) is 61.3 Å². The van der Waals surface area contributed by atoms with Gasteiger partial charge in [0.2, 0.25) is 5.95 Å². The number of halogens is 1. The van der Waals surface area contributed by atoms with E-state index < -0.39 is 0 Å².